The zero-order valence-electron chi connectivity index (χ0n) is 16.4. The number of nitrogens with zero attached hydrogens (tertiary/aromatic N) is 3. The number of piperidine rings is 1. The van der Waals surface area contributed by atoms with Gasteiger partial charge in [0.2, 0.25) is 10.0 Å². The summed E-state index contributed by atoms with van der Waals surface area (Å²) in [5, 5.41) is 0. The molecule has 3 heterocycles. The van der Waals surface area contributed by atoms with E-state index in [1.54, 1.807) is 12.3 Å². The third-order valence-electron chi connectivity index (χ3n) is 5.83. The highest BCUT2D eigenvalue weighted by molar-refractivity contribution is 7.92. The quantitative estimate of drug-likeness (QED) is 0.870. The molecule has 0 amide bonds. The molecule has 1 unspecified atom stereocenters. The molecule has 6 nitrogen and oxygen atoms in total. The molecule has 1 atom stereocenters. The number of anilines is 2. The second kappa shape index (κ2) is 7.35. The number of pyridine rings is 1. The van der Waals surface area contributed by atoms with Crippen LogP contribution in [0.25, 0.3) is 0 Å². The minimum absolute atomic E-state index is 0.372. The van der Waals surface area contributed by atoms with Crippen molar-refractivity contribution in [2.45, 2.75) is 46.1 Å². The number of hydrogen-bond donors (Lipinski definition) is 1. The predicted octanol–water partition coefficient (Wildman–Crippen LogP) is 2.79. The van der Waals surface area contributed by atoms with Crippen LogP contribution in [0, 0.1) is 11.3 Å². The molecule has 2 aliphatic rings. The Hall–Kier alpha value is -1.34. The summed E-state index contributed by atoms with van der Waals surface area (Å²) < 4.78 is 24.9. The van der Waals surface area contributed by atoms with E-state index < -0.39 is 10.0 Å². The standard InChI is InChI=1S/C19H32N4O2S/c1-19(2,3)15-7-10-23(14-15)16-8-11-22(12-9-16)17-5-6-18(20-13-17)21-26(4,24)25/h5-6,13,15-16H,7-12,14H2,1-4H3,(H,20,21). The number of nitrogens with one attached hydrogen (secondary N) is 1. The Kier molecular flexibility index (Phi) is 5.49. The molecule has 2 saturated heterocycles. The molecule has 146 valence electrons. The molecule has 26 heavy (non-hydrogen) atoms. The van der Waals surface area contributed by atoms with Gasteiger partial charge in [-0.1, -0.05) is 20.8 Å². The number of likely N-dealkylation sites (tertiary alicyclic amines) is 1. The molecule has 0 spiro atoms. The fourth-order valence-electron chi connectivity index (χ4n) is 4.14. The summed E-state index contributed by atoms with van der Waals surface area (Å²) in [6.45, 7) is 11.6. The zero-order chi connectivity index (χ0) is 18.9. The molecule has 0 radical (unpaired) electrons. The fraction of sp³-hybridized carbons (Fsp3) is 0.737. The van der Waals surface area contributed by atoms with Gasteiger partial charge in [0.1, 0.15) is 5.82 Å². The van der Waals surface area contributed by atoms with Crippen molar-refractivity contribution in [2.75, 3.05) is 42.1 Å². The van der Waals surface area contributed by atoms with E-state index in [0.29, 0.717) is 17.3 Å². The van der Waals surface area contributed by atoms with Crippen LogP contribution >= 0.6 is 0 Å². The van der Waals surface area contributed by atoms with Crippen LogP contribution in [0.1, 0.15) is 40.0 Å². The minimum Gasteiger partial charge on any atom is -0.370 e. The van der Waals surface area contributed by atoms with Gasteiger partial charge >= 0.3 is 0 Å². The first-order valence-corrected chi connectivity index (χ1v) is 11.4. The summed E-state index contributed by atoms with van der Waals surface area (Å²) in [4.78, 5) is 9.28. The predicted molar refractivity (Wildman–Crippen MR) is 107 cm³/mol. The summed E-state index contributed by atoms with van der Waals surface area (Å²) in [6, 6.07) is 4.38. The first-order chi connectivity index (χ1) is 12.1. The SMILES string of the molecule is CC(C)(C)C1CCN(C2CCN(c3ccc(NS(C)(=O)=O)nc3)CC2)C1. The van der Waals surface area contributed by atoms with Crippen LogP contribution in [0.4, 0.5) is 11.5 Å². The Bertz CT molecular complexity index is 704. The minimum atomic E-state index is -3.28. The fourth-order valence-corrected chi connectivity index (χ4v) is 4.64. The van der Waals surface area contributed by atoms with Crippen molar-refractivity contribution in [2.24, 2.45) is 11.3 Å². The lowest BCUT2D eigenvalue weighted by atomic mass is 9.80. The number of aromatic nitrogens is 1. The van der Waals surface area contributed by atoms with Gasteiger partial charge in [0, 0.05) is 25.7 Å². The van der Waals surface area contributed by atoms with Crippen molar-refractivity contribution < 1.29 is 8.42 Å². The summed E-state index contributed by atoms with van der Waals surface area (Å²) in [7, 11) is -3.28. The molecule has 1 aromatic rings. The molecule has 7 heteroatoms. The third-order valence-corrected chi connectivity index (χ3v) is 6.41. The van der Waals surface area contributed by atoms with E-state index in [-0.39, 0.29) is 0 Å². The van der Waals surface area contributed by atoms with Crippen LogP contribution in [-0.2, 0) is 10.0 Å². The molecule has 3 rings (SSSR count). The molecule has 0 saturated carbocycles. The van der Waals surface area contributed by atoms with Crippen molar-refractivity contribution in [3.63, 3.8) is 0 Å². The first-order valence-electron chi connectivity index (χ1n) is 9.55. The smallest absolute Gasteiger partial charge is 0.230 e. The lowest BCUT2D eigenvalue weighted by Gasteiger charge is -2.38. The van der Waals surface area contributed by atoms with Gasteiger partial charge in [-0.2, -0.15) is 0 Å². The van der Waals surface area contributed by atoms with Crippen LogP contribution < -0.4 is 9.62 Å². The van der Waals surface area contributed by atoms with Crippen molar-refractivity contribution >= 4 is 21.5 Å². The van der Waals surface area contributed by atoms with Crippen molar-refractivity contribution in [3.05, 3.63) is 18.3 Å². The highest BCUT2D eigenvalue weighted by Gasteiger charge is 2.35. The summed E-state index contributed by atoms with van der Waals surface area (Å²) >= 11 is 0. The van der Waals surface area contributed by atoms with Gasteiger partial charge in [0.25, 0.3) is 0 Å². The summed E-state index contributed by atoms with van der Waals surface area (Å²) in [5.74, 6) is 1.18. The van der Waals surface area contributed by atoms with E-state index in [1.807, 2.05) is 6.07 Å². The maximum Gasteiger partial charge on any atom is 0.230 e. The van der Waals surface area contributed by atoms with Gasteiger partial charge in [-0.3, -0.25) is 9.62 Å². The van der Waals surface area contributed by atoms with Gasteiger partial charge in [-0.05, 0) is 49.3 Å². The molecule has 0 aliphatic carbocycles. The Morgan fingerprint density at radius 1 is 1.12 bits per heavy atom. The van der Waals surface area contributed by atoms with Crippen LogP contribution in [0.2, 0.25) is 0 Å². The largest absolute Gasteiger partial charge is 0.370 e. The average Bonchev–Trinajstić information content (AvgIpc) is 3.05. The third kappa shape index (κ3) is 4.88. The number of hydrogen-bond acceptors (Lipinski definition) is 5. The average molecular weight is 381 g/mol. The van der Waals surface area contributed by atoms with E-state index in [4.69, 9.17) is 0 Å². The van der Waals surface area contributed by atoms with Gasteiger partial charge < -0.3 is 4.90 Å². The van der Waals surface area contributed by atoms with Crippen LogP contribution in [0.3, 0.4) is 0 Å². The van der Waals surface area contributed by atoms with Crippen LogP contribution in [-0.4, -0.2) is 56.8 Å². The van der Waals surface area contributed by atoms with Crippen LogP contribution in [0.15, 0.2) is 18.3 Å². The van der Waals surface area contributed by atoms with Gasteiger partial charge in [0.05, 0.1) is 18.1 Å². The lowest BCUT2D eigenvalue weighted by Crippen LogP contribution is -2.44. The summed E-state index contributed by atoms with van der Waals surface area (Å²) in [5.41, 5.74) is 1.47. The molecule has 2 aliphatic heterocycles. The highest BCUT2D eigenvalue weighted by atomic mass is 32.2. The van der Waals surface area contributed by atoms with E-state index in [1.165, 1.54) is 32.4 Å². The Morgan fingerprint density at radius 2 is 1.81 bits per heavy atom. The Morgan fingerprint density at radius 3 is 2.31 bits per heavy atom. The van der Waals surface area contributed by atoms with E-state index in [0.717, 1.165) is 31.0 Å². The second-order valence-corrected chi connectivity index (χ2v) is 10.6. The molecular weight excluding hydrogens is 348 g/mol. The molecule has 0 bridgehead atoms. The highest BCUT2D eigenvalue weighted by Crippen LogP contribution is 2.36. The van der Waals surface area contributed by atoms with Gasteiger partial charge in [0.15, 0.2) is 0 Å². The lowest BCUT2D eigenvalue weighted by molar-refractivity contribution is 0.174. The molecule has 1 aromatic heterocycles. The monoisotopic (exact) mass is 380 g/mol. The van der Waals surface area contributed by atoms with Crippen molar-refractivity contribution in [3.8, 4) is 0 Å². The number of sulfonamides is 1. The van der Waals surface area contributed by atoms with Crippen molar-refractivity contribution in [1.29, 1.82) is 0 Å². The maximum atomic E-state index is 11.3. The topological polar surface area (TPSA) is 65.5 Å². The zero-order valence-corrected chi connectivity index (χ0v) is 17.2. The number of rotatable bonds is 4. The van der Waals surface area contributed by atoms with E-state index >= 15 is 0 Å². The van der Waals surface area contributed by atoms with Gasteiger partial charge in [-0.25, -0.2) is 13.4 Å². The van der Waals surface area contributed by atoms with Crippen LogP contribution in [0.5, 0.6) is 0 Å². The van der Waals surface area contributed by atoms with Crippen molar-refractivity contribution in [1.82, 2.24) is 9.88 Å². The molecule has 0 aromatic carbocycles. The molecule has 2 fully saturated rings. The van der Waals surface area contributed by atoms with E-state index in [9.17, 15) is 8.42 Å². The first kappa shape index (κ1) is 19.4. The normalized spacial score (nSPS) is 23.4. The van der Waals surface area contributed by atoms with E-state index in [2.05, 4.69) is 40.3 Å². The Labute approximate surface area is 158 Å². The molecular formula is C19H32N4O2S. The summed E-state index contributed by atoms with van der Waals surface area (Å²) in [6.07, 6.45) is 6.58. The van der Waals surface area contributed by atoms with Gasteiger partial charge in [-0.15, -0.1) is 0 Å². The Balaban J connectivity index is 1.53. The molecule has 1 N–H and O–H groups in total. The maximum absolute atomic E-state index is 11.3. The second-order valence-electron chi connectivity index (χ2n) is 8.84.